The van der Waals surface area contributed by atoms with Crippen molar-refractivity contribution in [3.63, 3.8) is 0 Å². The summed E-state index contributed by atoms with van der Waals surface area (Å²) >= 11 is 1.73. The molecule has 8 rings (SSSR count). The SMILES string of the molecule is C=C/C=C(\C=C)c1cc(-c2ccc3cc(-c4cccc5sc(-c6ccccc6)nc45)ccc3c2)nc(-c2ccc(-c3ccccc3)cc2)n1. The van der Waals surface area contributed by atoms with Crippen LogP contribution in [0.2, 0.25) is 0 Å². The van der Waals surface area contributed by atoms with Gasteiger partial charge < -0.3 is 0 Å². The molecule has 0 amide bonds. The van der Waals surface area contributed by atoms with E-state index in [2.05, 4.69) is 141 Å². The molecule has 49 heavy (non-hydrogen) atoms. The smallest absolute Gasteiger partial charge is 0.160 e. The molecule has 6 aromatic carbocycles. The first-order valence-corrected chi connectivity index (χ1v) is 17.0. The highest BCUT2D eigenvalue weighted by Gasteiger charge is 2.14. The first kappa shape index (κ1) is 30.1. The second-order valence-corrected chi connectivity index (χ2v) is 12.8. The van der Waals surface area contributed by atoms with Crippen molar-refractivity contribution in [2.24, 2.45) is 0 Å². The fourth-order valence-electron chi connectivity index (χ4n) is 6.16. The highest BCUT2D eigenvalue weighted by Crippen LogP contribution is 2.37. The molecule has 232 valence electrons. The van der Waals surface area contributed by atoms with Gasteiger partial charge in [-0.05, 0) is 57.3 Å². The zero-order valence-electron chi connectivity index (χ0n) is 26.8. The zero-order valence-corrected chi connectivity index (χ0v) is 27.6. The Hall–Kier alpha value is -6.23. The number of fused-ring (bicyclic) bond motifs is 2. The van der Waals surface area contributed by atoms with Gasteiger partial charge in [0.1, 0.15) is 5.01 Å². The first-order valence-electron chi connectivity index (χ1n) is 16.2. The van der Waals surface area contributed by atoms with Gasteiger partial charge in [0.25, 0.3) is 0 Å². The standard InChI is InChI=1S/C45H31N3S/c1-3-12-30(4-2)40-29-41(47-44(46-40)33-21-19-32(20-22-33)31-13-7-5-8-14-31)38-26-24-35-27-37(25-23-36(35)28-38)39-17-11-18-42-43(39)48-45(49-42)34-15-9-6-10-16-34/h3-29H,1-2H2/b30-12+. The van der Waals surface area contributed by atoms with Gasteiger partial charge in [-0.15, -0.1) is 11.3 Å². The molecule has 2 heterocycles. The molecule has 0 radical (unpaired) electrons. The Balaban J connectivity index is 1.18. The summed E-state index contributed by atoms with van der Waals surface area (Å²) in [6, 6.07) is 50.8. The molecule has 0 spiro atoms. The van der Waals surface area contributed by atoms with E-state index in [-0.39, 0.29) is 0 Å². The Morgan fingerprint density at radius 2 is 1.16 bits per heavy atom. The van der Waals surface area contributed by atoms with Crippen LogP contribution in [0.25, 0.3) is 82.0 Å². The minimum Gasteiger partial charge on any atom is -0.235 e. The van der Waals surface area contributed by atoms with Crippen LogP contribution in [0.4, 0.5) is 0 Å². The average Bonchev–Trinajstić information content (AvgIpc) is 3.62. The third-order valence-corrected chi connectivity index (χ3v) is 9.75. The molecular weight excluding hydrogens is 615 g/mol. The van der Waals surface area contributed by atoms with Crippen LogP contribution in [-0.4, -0.2) is 15.0 Å². The number of thiazole rings is 1. The maximum absolute atomic E-state index is 5.08. The lowest BCUT2D eigenvalue weighted by Crippen LogP contribution is -1.98. The molecular formula is C45H31N3S. The Morgan fingerprint density at radius 3 is 1.88 bits per heavy atom. The summed E-state index contributed by atoms with van der Waals surface area (Å²) in [5.41, 5.74) is 11.3. The van der Waals surface area contributed by atoms with Gasteiger partial charge in [0.2, 0.25) is 0 Å². The number of benzene rings is 6. The van der Waals surface area contributed by atoms with Crippen LogP contribution in [0, 0.1) is 0 Å². The van der Waals surface area contributed by atoms with Crippen LogP contribution in [0.5, 0.6) is 0 Å². The topological polar surface area (TPSA) is 38.7 Å². The van der Waals surface area contributed by atoms with Crippen molar-refractivity contribution in [1.82, 2.24) is 15.0 Å². The second kappa shape index (κ2) is 13.1. The van der Waals surface area contributed by atoms with Crippen molar-refractivity contribution in [2.45, 2.75) is 0 Å². The molecule has 2 aromatic heterocycles. The second-order valence-electron chi connectivity index (χ2n) is 11.8. The van der Waals surface area contributed by atoms with E-state index < -0.39 is 0 Å². The molecule has 0 aliphatic heterocycles. The van der Waals surface area contributed by atoms with E-state index in [0.717, 1.165) is 71.6 Å². The fraction of sp³-hybridized carbons (Fsp3) is 0. The number of para-hydroxylation sites is 1. The lowest BCUT2D eigenvalue weighted by Gasteiger charge is -2.11. The van der Waals surface area contributed by atoms with Gasteiger partial charge in [-0.3, -0.25) is 0 Å². The summed E-state index contributed by atoms with van der Waals surface area (Å²) in [6.07, 6.45) is 5.49. The third-order valence-electron chi connectivity index (χ3n) is 8.68. The molecule has 8 aromatic rings. The molecule has 3 nitrogen and oxygen atoms in total. The maximum atomic E-state index is 5.08. The zero-order chi connectivity index (χ0) is 33.2. The lowest BCUT2D eigenvalue weighted by atomic mass is 9.98. The van der Waals surface area contributed by atoms with Gasteiger partial charge in [0, 0.05) is 22.3 Å². The normalized spacial score (nSPS) is 11.6. The molecule has 0 fully saturated rings. The van der Waals surface area contributed by atoms with Crippen molar-refractivity contribution < 1.29 is 0 Å². The van der Waals surface area contributed by atoms with Gasteiger partial charge in [-0.2, -0.15) is 0 Å². The van der Waals surface area contributed by atoms with Crippen molar-refractivity contribution in [3.8, 4) is 55.5 Å². The van der Waals surface area contributed by atoms with Gasteiger partial charge in [0.15, 0.2) is 5.82 Å². The third kappa shape index (κ3) is 6.02. The highest BCUT2D eigenvalue weighted by molar-refractivity contribution is 7.21. The fourth-order valence-corrected chi connectivity index (χ4v) is 7.16. The highest BCUT2D eigenvalue weighted by atomic mass is 32.1. The van der Waals surface area contributed by atoms with E-state index in [1.807, 2.05) is 30.4 Å². The molecule has 0 unspecified atom stereocenters. The number of aromatic nitrogens is 3. The van der Waals surface area contributed by atoms with E-state index in [0.29, 0.717) is 5.82 Å². The first-order chi connectivity index (χ1) is 24.2. The molecule has 0 aliphatic rings. The maximum Gasteiger partial charge on any atom is 0.160 e. The van der Waals surface area contributed by atoms with Crippen LogP contribution in [0.3, 0.4) is 0 Å². The Kier molecular flexibility index (Phi) is 8.06. The van der Waals surface area contributed by atoms with Gasteiger partial charge in [0.05, 0.1) is 21.6 Å². The van der Waals surface area contributed by atoms with E-state index in [4.69, 9.17) is 15.0 Å². The van der Waals surface area contributed by atoms with E-state index in [1.54, 1.807) is 17.4 Å². The molecule has 0 saturated heterocycles. The molecule has 0 saturated carbocycles. The monoisotopic (exact) mass is 645 g/mol. The molecule has 0 N–H and O–H groups in total. The Labute approximate surface area is 290 Å². The molecule has 0 aliphatic carbocycles. The molecule has 0 atom stereocenters. The van der Waals surface area contributed by atoms with E-state index >= 15 is 0 Å². The summed E-state index contributed by atoms with van der Waals surface area (Å²) in [4.78, 5) is 15.1. The predicted molar refractivity (Wildman–Crippen MR) is 208 cm³/mol. The van der Waals surface area contributed by atoms with Gasteiger partial charge in [-0.25, -0.2) is 15.0 Å². The van der Waals surface area contributed by atoms with Crippen LogP contribution in [0.1, 0.15) is 5.69 Å². The van der Waals surface area contributed by atoms with Crippen LogP contribution < -0.4 is 0 Å². The van der Waals surface area contributed by atoms with Crippen molar-refractivity contribution in [3.05, 3.63) is 183 Å². The Morgan fingerprint density at radius 1 is 0.531 bits per heavy atom. The minimum absolute atomic E-state index is 0.658. The molecule has 4 heteroatoms. The number of allylic oxidation sites excluding steroid dienone is 4. The summed E-state index contributed by atoms with van der Waals surface area (Å²) in [7, 11) is 0. The summed E-state index contributed by atoms with van der Waals surface area (Å²) in [5.74, 6) is 0.658. The van der Waals surface area contributed by atoms with E-state index in [9.17, 15) is 0 Å². The lowest BCUT2D eigenvalue weighted by molar-refractivity contribution is 1.16. The van der Waals surface area contributed by atoms with Crippen LogP contribution >= 0.6 is 11.3 Å². The number of hydrogen-bond acceptors (Lipinski definition) is 4. The van der Waals surface area contributed by atoms with Gasteiger partial charge >= 0.3 is 0 Å². The number of hydrogen-bond donors (Lipinski definition) is 0. The number of nitrogens with zero attached hydrogens (tertiary/aromatic N) is 3. The van der Waals surface area contributed by atoms with Crippen molar-refractivity contribution >= 4 is 37.9 Å². The van der Waals surface area contributed by atoms with Crippen molar-refractivity contribution in [1.29, 1.82) is 0 Å². The quantitative estimate of drug-likeness (QED) is 0.154. The van der Waals surface area contributed by atoms with Crippen LogP contribution in [0.15, 0.2) is 177 Å². The minimum atomic E-state index is 0.658. The van der Waals surface area contributed by atoms with Crippen molar-refractivity contribution in [2.75, 3.05) is 0 Å². The summed E-state index contributed by atoms with van der Waals surface area (Å²) in [6.45, 7) is 7.93. The predicted octanol–water partition coefficient (Wildman–Crippen LogP) is 12.3. The van der Waals surface area contributed by atoms with Gasteiger partial charge in [-0.1, -0.05) is 153 Å². The Bertz CT molecular complexity index is 2510. The van der Waals surface area contributed by atoms with E-state index in [1.165, 1.54) is 10.3 Å². The number of rotatable bonds is 8. The van der Waals surface area contributed by atoms with Crippen LogP contribution in [-0.2, 0) is 0 Å². The summed E-state index contributed by atoms with van der Waals surface area (Å²) < 4.78 is 1.18. The largest absolute Gasteiger partial charge is 0.235 e. The summed E-state index contributed by atoms with van der Waals surface area (Å²) in [5, 5.41) is 3.32. The molecule has 0 bridgehead atoms. The average molecular weight is 646 g/mol.